The van der Waals surface area contributed by atoms with Gasteiger partial charge in [0.1, 0.15) is 0 Å². The molecule has 0 spiro atoms. The highest BCUT2D eigenvalue weighted by atomic mass is 127. The van der Waals surface area contributed by atoms with Gasteiger partial charge in [0.15, 0.2) is 0 Å². The summed E-state index contributed by atoms with van der Waals surface area (Å²) in [6.45, 7) is 1.94. The quantitative estimate of drug-likeness (QED) is 0.668. The molecule has 0 aliphatic carbocycles. The number of benzene rings is 1. The molecule has 0 aromatic heterocycles. The smallest absolute Gasteiger partial charge is 0.0992 e. The Bertz CT molecular complexity index is 304. The van der Waals surface area contributed by atoms with Gasteiger partial charge in [0.05, 0.1) is 16.7 Å². The van der Waals surface area contributed by atoms with Gasteiger partial charge in [0.25, 0.3) is 0 Å². The third-order valence-corrected chi connectivity index (χ3v) is 3.39. The van der Waals surface area contributed by atoms with Crippen LogP contribution in [-0.2, 0) is 0 Å². The molecular weight excluding hydrogens is 272 g/mol. The van der Waals surface area contributed by atoms with Crippen molar-refractivity contribution in [2.45, 2.75) is 6.92 Å². The Hall–Kier alpha value is -0.270. The maximum Gasteiger partial charge on any atom is 0.0992 e. The summed E-state index contributed by atoms with van der Waals surface area (Å²) in [5.41, 5.74) is 1.67. The number of aryl methyl sites for hydroxylation is 1. The molecule has 0 amide bonds. The van der Waals surface area contributed by atoms with E-state index in [9.17, 15) is 0 Å². The number of nitrogens with zero attached hydrogens (tertiary/aromatic N) is 1. The molecule has 3 heteroatoms. The molecule has 0 aliphatic rings. The molecule has 1 aromatic rings. The van der Waals surface area contributed by atoms with Crippen LogP contribution in [0, 0.1) is 21.8 Å². The number of halogens is 2. The number of hydrogen-bond donors (Lipinski definition) is 0. The van der Waals surface area contributed by atoms with Crippen LogP contribution < -0.4 is 0 Å². The van der Waals surface area contributed by atoms with Crippen molar-refractivity contribution in [3.05, 3.63) is 31.9 Å². The molecule has 0 saturated carbocycles. The summed E-state index contributed by atoms with van der Waals surface area (Å²) < 4.78 is 1.02. The minimum Gasteiger partial charge on any atom is -0.192 e. The molecule has 0 atom stereocenters. The highest BCUT2D eigenvalue weighted by Gasteiger charge is 2.02. The van der Waals surface area contributed by atoms with Crippen molar-refractivity contribution in [2.24, 2.45) is 0 Å². The van der Waals surface area contributed by atoms with Crippen LogP contribution in [0.4, 0.5) is 0 Å². The first kappa shape index (κ1) is 8.82. The second kappa shape index (κ2) is 3.42. The number of rotatable bonds is 0. The van der Waals surface area contributed by atoms with E-state index in [0.29, 0.717) is 10.6 Å². The maximum absolute atomic E-state index is 8.57. The van der Waals surface area contributed by atoms with E-state index in [-0.39, 0.29) is 0 Å². The van der Waals surface area contributed by atoms with Crippen LogP contribution in [0.15, 0.2) is 12.1 Å². The zero-order chi connectivity index (χ0) is 8.43. The SMILES string of the molecule is Cc1cc(C#N)cc(Cl)c1I. The summed E-state index contributed by atoms with van der Waals surface area (Å²) in [5, 5.41) is 9.22. The monoisotopic (exact) mass is 277 g/mol. The molecule has 0 saturated heterocycles. The second-order valence-electron chi connectivity index (χ2n) is 2.20. The lowest BCUT2D eigenvalue weighted by molar-refractivity contribution is 1.39. The summed E-state index contributed by atoms with van der Waals surface area (Å²) in [4.78, 5) is 0. The standard InChI is InChI=1S/C8H5ClIN/c1-5-2-6(4-11)3-7(9)8(5)10/h2-3H,1H3. The molecule has 56 valence electrons. The van der Waals surface area contributed by atoms with Gasteiger partial charge >= 0.3 is 0 Å². The minimum atomic E-state index is 0.618. The molecular formula is C8H5ClIN. The van der Waals surface area contributed by atoms with Crippen molar-refractivity contribution >= 4 is 34.2 Å². The highest BCUT2D eigenvalue weighted by molar-refractivity contribution is 14.1. The van der Waals surface area contributed by atoms with Crippen LogP contribution in [0.25, 0.3) is 0 Å². The summed E-state index contributed by atoms with van der Waals surface area (Å²) in [6, 6.07) is 5.55. The van der Waals surface area contributed by atoms with Crippen molar-refractivity contribution < 1.29 is 0 Å². The van der Waals surface area contributed by atoms with Crippen LogP contribution in [0.1, 0.15) is 11.1 Å². The third-order valence-electron chi connectivity index (χ3n) is 1.34. The molecule has 11 heavy (non-hydrogen) atoms. The largest absolute Gasteiger partial charge is 0.192 e. The first-order valence-corrected chi connectivity index (χ1v) is 4.46. The van der Waals surface area contributed by atoms with E-state index in [4.69, 9.17) is 16.9 Å². The van der Waals surface area contributed by atoms with Crippen molar-refractivity contribution in [1.29, 1.82) is 5.26 Å². The second-order valence-corrected chi connectivity index (χ2v) is 3.69. The Morgan fingerprint density at radius 3 is 2.64 bits per heavy atom. The van der Waals surface area contributed by atoms with E-state index in [1.807, 2.05) is 19.1 Å². The summed E-state index contributed by atoms with van der Waals surface area (Å²) in [7, 11) is 0. The van der Waals surface area contributed by atoms with Gasteiger partial charge in [-0.25, -0.2) is 0 Å². The Balaban J connectivity index is 3.35. The third kappa shape index (κ3) is 1.85. The Kier molecular flexibility index (Phi) is 2.74. The first-order chi connectivity index (χ1) is 5.15. The fourth-order valence-corrected chi connectivity index (χ4v) is 1.37. The Morgan fingerprint density at radius 1 is 1.55 bits per heavy atom. The predicted molar refractivity (Wildman–Crippen MR) is 53.6 cm³/mol. The van der Waals surface area contributed by atoms with Gasteiger partial charge in [0.2, 0.25) is 0 Å². The molecule has 0 heterocycles. The zero-order valence-electron chi connectivity index (χ0n) is 5.86. The maximum atomic E-state index is 8.57. The molecule has 1 rings (SSSR count). The van der Waals surface area contributed by atoms with Gasteiger partial charge in [-0.2, -0.15) is 5.26 Å². The molecule has 0 aliphatic heterocycles. The molecule has 0 unspecified atom stereocenters. The van der Waals surface area contributed by atoms with Crippen molar-refractivity contribution in [3.8, 4) is 6.07 Å². The summed E-state index contributed by atoms with van der Waals surface area (Å²) in [5.74, 6) is 0. The van der Waals surface area contributed by atoms with Crippen molar-refractivity contribution in [1.82, 2.24) is 0 Å². The topological polar surface area (TPSA) is 23.8 Å². The molecule has 0 fully saturated rings. The van der Waals surface area contributed by atoms with E-state index in [1.54, 1.807) is 6.07 Å². The Morgan fingerprint density at radius 2 is 2.18 bits per heavy atom. The van der Waals surface area contributed by atoms with Crippen molar-refractivity contribution in [3.63, 3.8) is 0 Å². The fourth-order valence-electron chi connectivity index (χ4n) is 0.791. The lowest BCUT2D eigenvalue weighted by Crippen LogP contribution is -1.84. The fraction of sp³-hybridized carbons (Fsp3) is 0.125. The van der Waals surface area contributed by atoms with Gasteiger partial charge in [-0.05, 0) is 47.2 Å². The van der Waals surface area contributed by atoms with Gasteiger partial charge in [-0.15, -0.1) is 0 Å². The summed E-state index contributed by atoms with van der Waals surface area (Å²) in [6.07, 6.45) is 0. The van der Waals surface area contributed by atoms with Crippen LogP contribution in [0.5, 0.6) is 0 Å². The van der Waals surface area contributed by atoms with Crippen LogP contribution >= 0.6 is 34.2 Å². The normalized spacial score (nSPS) is 9.27. The first-order valence-electron chi connectivity index (χ1n) is 3.01. The zero-order valence-corrected chi connectivity index (χ0v) is 8.77. The number of nitriles is 1. The van der Waals surface area contributed by atoms with E-state index in [2.05, 4.69) is 22.6 Å². The molecule has 1 nitrogen and oxygen atoms in total. The van der Waals surface area contributed by atoms with Gasteiger partial charge < -0.3 is 0 Å². The molecule has 1 aromatic carbocycles. The van der Waals surface area contributed by atoms with E-state index in [0.717, 1.165) is 9.13 Å². The van der Waals surface area contributed by atoms with E-state index in [1.165, 1.54) is 0 Å². The van der Waals surface area contributed by atoms with Gasteiger partial charge in [0, 0.05) is 3.57 Å². The van der Waals surface area contributed by atoms with Crippen LogP contribution in [-0.4, -0.2) is 0 Å². The van der Waals surface area contributed by atoms with Gasteiger partial charge in [-0.1, -0.05) is 11.6 Å². The highest BCUT2D eigenvalue weighted by Crippen LogP contribution is 2.23. The lowest BCUT2D eigenvalue weighted by atomic mass is 10.2. The van der Waals surface area contributed by atoms with E-state index < -0.39 is 0 Å². The molecule has 0 radical (unpaired) electrons. The molecule has 0 bridgehead atoms. The average molecular weight is 277 g/mol. The average Bonchev–Trinajstić information content (AvgIpc) is 1.99. The predicted octanol–water partition coefficient (Wildman–Crippen LogP) is 3.12. The summed E-state index contributed by atoms with van der Waals surface area (Å²) >= 11 is 8.00. The molecule has 0 N–H and O–H groups in total. The minimum absolute atomic E-state index is 0.618. The lowest BCUT2D eigenvalue weighted by Gasteiger charge is -2.00. The van der Waals surface area contributed by atoms with Crippen LogP contribution in [0.2, 0.25) is 5.02 Å². The Labute approximate surface area is 84.1 Å². The van der Waals surface area contributed by atoms with Gasteiger partial charge in [-0.3, -0.25) is 0 Å². The van der Waals surface area contributed by atoms with Crippen molar-refractivity contribution in [2.75, 3.05) is 0 Å². The van der Waals surface area contributed by atoms with E-state index >= 15 is 0 Å². The number of hydrogen-bond acceptors (Lipinski definition) is 1. The van der Waals surface area contributed by atoms with Crippen LogP contribution in [0.3, 0.4) is 0 Å².